The summed E-state index contributed by atoms with van der Waals surface area (Å²) in [6.45, 7) is 0.175. The Bertz CT molecular complexity index is 5590. The largest absolute Gasteiger partial charge is 0.491 e. The predicted molar refractivity (Wildman–Crippen MR) is 422 cm³/mol. The van der Waals surface area contributed by atoms with Crippen LogP contribution in [0.15, 0.2) is 279 Å². The number of ether oxygens (including phenoxy) is 8. The highest BCUT2D eigenvalue weighted by Crippen LogP contribution is 2.58. The van der Waals surface area contributed by atoms with E-state index in [-0.39, 0.29) is 112 Å². The first-order valence-electron chi connectivity index (χ1n) is 36.4. The fraction of sp³-hybridized carbons (Fsp3) is 0.0870. The molecule has 15 aromatic rings. The molecule has 4 aliphatic rings. The minimum absolute atomic E-state index is 0.0403. The molecule has 0 saturated carbocycles. The first-order chi connectivity index (χ1) is 54.9. The van der Waals surface area contributed by atoms with Gasteiger partial charge in [-0.3, -0.25) is 38.6 Å². The summed E-state index contributed by atoms with van der Waals surface area (Å²) in [6.07, 6.45) is 2.84. The van der Waals surface area contributed by atoms with E-state index >= 15 is 19.2 Å². The van der Waals surface area contributed by atoms with Crippen LogP contribution < -0.4 is 39.1 Å². The Morgan fingerprint density at radius 1 is 0.321 bits per heavy atom. The zero-order valence-electron chi connectivity index (χ0n) is 59.5. The van der Waals surface area contributed by atoms with Crippen molar-refractivity contribution in [3.05, 3.63) is 302 Å². The molecule has 13 aromatic carbocycles. The zero-order valence-corrected chi connectivity index (χ0v) is 59.5. The third kappa shape index (κ3) is 13.2. The second-order valence-electron chi connectivity index (χ2n) is 27.4. The summed E-state index contributed by atoms with van der Waals surface area (Å²) in [5.74, 6) is -2.45. The van der Waals surface area contributed by atoms with Crippen LogP contribution in [0.1, 0.15) is 41.4 Å². The van der Waals surface area contributed by atoms with E-state index in [0.717, 1.165) is 54.3 Å². The number of rotatable bonds is 24. The summed E-state index contributed by atoms with van der Waals surface area (Å²) in [6, 6.07) is 81.4. The molecule has 2 saturated heterocycles. The Kier molecular flexibility index (Phi) is 17.3. The van der Waals surface area contributed by atoms with Gasteiger partial charge in [0, 0.05) is 67.6 Å². The van der Waals surface area contributed by atoms with Gasteiger partial charge in [-0.1, -0.05) is 170 Å². The van der Waals surface area contributed by atoms with Crippen molar-refractivity contribution in [2.75, 3.05) is 50.2 Å². The number of nitrogens with one attached hydrogen (secondary N) is 2. The van der Waals surface area contributed by atoms with E-state index in [1.165, 1.54) is 24.5 Å². The van der Waals surface area contributed by atoms with Crippen molar-refractivity contribution in [3.8, 4) is 102 Å². The van der Waals surface area contributed by atoms with E-state index in [9.17, 15) is 9.59 Å². The lowest BCUT2D eigenvalue weighted by Gasteiger charge is -2.32. The maximum absolute atomic E-state index is 16.1. The van der Waals surface area contributed by atoms with Crippen molar-refractivity contribution >= 4 is 90.2 Å². The minimum Gasteiger partial charge on any atom is -0.491 e. The quantitative estimate of drug-likeness (QED) is 0.0247. The number of nitrogens with zero attached hydrogens (tertiary/aromatic N) is 4. The maximum atomic E-state index is 16.1. The molecule has 4 aliphatic heterocycles. The van der Waals surface area contributed by atoms with E-state index in [1.807, 2.05) is 170 Å². The summed E-state index contributed by atoms with van der Waals surface area (Å²) >= 11 is 0. The number of imide groups is 2. The van der Waals surface area contributed by atoms with Gasteiger partial charge in [0.05, 0.1) is 35.5 Å². The molecule has 0 aliphatic carbocycles. The molecule has 19 rings (SSSR count). The number of anilines is 2. The lowest BCUT2D eigenvalue weighted by molar-refractivity contribution is -0.117. The minimum atomic E-state index is -0.851. The van der Waals surface area contributed by atoms with E-state index in [2.05, 4.69) is 20.6 Å². The highest BCUT2D eigenvalue weighted by molar-refractivity contribution is 6.45. The summed E-state index contributed by atoms with van der Waals surface area (Å²) in [7, 11) is 0. The van der Waals surface area contributed by atoms with Gasteiger partial charge in [0.2, 0.25) is 11.8 Å². The average molecular weight is 1480 g/mol. The summed E-state index contributed by atoms with van der Waals surface area (Å²) in [4.78, 5) is 104. The topological polar surface area (TPSA) is 239 Å². The number of hydrogen-bond donors (Lipinski definition) is 2. The fourth-order valence-electron chi connectivity index (χ4n) is 14.6. The fourth-order valence-corrected chi connectivity index (χ4v) is 14.6. The van der Waals surface area contributed by atoms with Gasteiger partial charge in [-0.05, 0) is 129 Å². The Morgan fingerprint density at radius 2 is 0.580 bits per heavy atom. The molecule has 0 radical (unpaired) electrons. The number of aromatic nitrogens is 2. The molecule has 2 fully saturated rings. The highest BCUT2D eigenvalue weighted by Gasteiger charge is 2.43. The number of hydrogen-bond acceptors (Lipinski definition) is 16. The van der Waals surface area contributed by atoms with Crippen molar-refractivity contribution in [1.82, 2.24) is 19.8 Å². The van der Waals surface area contributed by atoms with Crippen LogP contribution >= 0.6 is 0 Å². The molecule has 112 heavy (non-hydrogen) atoms. The van der Waals surface area contributed by atoms with Crippen LogP contribution in [-0.2, 0) is 19.1 Å². The van der Waals surface area contributed by atoms with Crippen molar-refractivity contribution in [2.24, 2.45) is 0 Å². The van der Waals surface area contributed by atoms with Crippen molar-refractivity contribution in [2.45, 2.75) is 12.2 Å². The summed E-state index contributed by atoms with van der Waals surface area (Å²) in [5.41, 5.74) is 7.09. The highest BCUT2D eigenvalue weighted by atomic mass is 16.6. The van der Waals surface area contributed by atoms with Gasteiger partial charge in [-0.15, -0.1) is 0 Å². The summed E-state index contributed by atoms with van der Waals surface area (Å²) < 4.78 is 51.7. The molecule has 0 bridgehead atoms. The van der Waals surface area contributed by atoms with Gasteiger partial charge >= 0.3 is 0 Å². The van der Waals surface area contributed by atoms with Crippen molar-refractivity contribution in [1.29, 1.82) is 0 Å². The standard InChI is InChI=1S/C92H62N6O14/c99-79(95-77-41-65(37-39-93-77)105-49-67-51-107-67)47-97-89(101)69-43-73(109-61-29-21-57(22-30-61)53-13-5-1-6-14-53)83-84-74(110-62-31-23-58(24-32-62)54-15-7-2-8-16-54)44-71-82-72(92(104)98(91(71)103)48-80(100)96-78-42-66(38-40-94-78)106-50-68-52-108-68)46-76(112-64-35-27-60(28-36-64)56-19-11-4-12-20-56)86(88(82)84)85-75(45-70(90(97)102)81(69)87(83)85)111-63-33-25-59(26-34-63)55-17-9-3-10-18-55/h1-46,67-68H,47-52H2,(H,93,95,99)(H,94,96,100). The Labute approximate surface area is 639 Å². The predicted octanol–water partition coefficient (Wildman–Crippen LogP) is 18.4. The Morgan fingerprint density at radius 3 is 0.839 bits per heavy atom. The molecular weight excluding hydrogens is 1410 g/mol. The van der Waals surface area contributed by atoms with Crippen LogP contribution in [0.2, 0.25) is 0 Å². The molecular formula is C92H62N6O14. The van der Waals surface area contributed by atoms with Gasteiger partial charge in [-0.25, -0.2) is 9.97 Å². The van der Waals surface area contributed by atoms with Crippen LogP contribution in [0.5, 0.6) is 57.5 Å². The molecule has 6 amide bonds. The van der Waals surface area contributed by atoms with Crippen LogP contribution in [0.25, 0.3) is 87.6 Å². The average Bonchev–Trinajstić information content (AvgIpc) is 0.735. The van der Waals surface area contributed by atoms with Gasteiger partial charge in [0.15, 0.2) is 0 Å². The lowest BCUT2D eigenvalue weighted by atomic mass is 9.80. The molecule has 2 N–H and O–H groups in total. The third-order valence-corrected chi connectivity index (χ3v) is 20.1. The number of amides is 6. The molecule has 544 valence electrons. The smallest absolute Gasteiger partial charge is 0.262 e. The molecule has 20 nitrogen and oxygen atoms in total. The zero-order chi connectivity index (χ0) is 75.5. The third-order valence-electron chi connectivity index (χ3n) is 20.1. The van der Waals surface area contributed by atoms with Crippen LogP contribution in [0.3, 0.4) is 0 Å². The lowest BCUT2D eigenvalue weighted by Crippen LogP contribution is -2.45. The molecule has 2 aromatic heterocycles. The Hall–Kier alpha value is -14.6. The van der Waals surface area contributed by atoms with Crippen LogP contribution in [-0.4, -0.2) is 107 Å². The van der Waals surface area contributed by atoms with Crippen LogP contribution in [0, 0.1) is 0 Å². The van der Waals surface area contributed by atoms with Gasteiger partial charge in [-0.2, -0.15) is 0 Å². The SMILES string of the molecule is O=C(CN1C(=O)c2cc(Oc3ccc(-c4ccccc4)cc3)c3c4c(Oc5ccc(-c6ccccc6)cc5)cc5c6c(cc(Oc7ccc(-c8ccccc8)cc7)c(c7c(Oc8ccc(-c9ccccc9)cc8)cc(c2c37)C1=O)c64)C(=O)N(CC(=O)Nc1cc(OCC2CO2)ccn1)C5=O)Nc1cc(OCC2CO2)ccn1. The van der Waals surface area contributed by atoms with Gasteiger partial charge in [0.1, 0.15) is 108 Å². The first-order valence-corrected chi connectivity index (χ1v) is 36.4. The van der Waals surface area contributed by atoms with E-state index in [4.69, 9.17) is 37.9 Å². The maximum Gasteiger partial charge on any atom is 0.262 e. The van der Waals surface area contributed by atoms with Gasteiger partial charge in [0.25, 0.3) is 23.6 Å². The number of pyridine rings is 2. The number of carbonyl (C=O) groups excluding carboxylic acids is 6. The normalized spacial score (nSPS) is 14.7. The van der Waals surface area contributed by atoms with E-state index in [0.29, 0.717) is 60.9 Å². The summed E-state index contributed by atoms with van der Waals surface area (Å²) in [5, 5.41) is 7.29. The first kappa shape index (κ1) is 68.0. The monoisotopic (exact) mass is 1470 g/mol. The van der Waals surface area contributed by atoms with Crippen molar-refractivity contribution < 1.29 is 66.7 Å². The van der Waals surface area contributed by atoms with Crippen molar-refractivity contribution in [3.63, 3.8) is 0 Å². The number of benzene rings is 13. The Balaban J connectivity index is 0.867. The second kappa shape index (κ2) is 28.5. The van der Waals surface area contributed by atoms with Gasteiger partial charge < -0.3 is 48.5 Å². The number of epoxide rings is 2. The van der Waals surface area contributed by atoms with E-state index < -0.39 is 48.5 Å². The molecule has 20 heteroatoms. The molecule has 0 spiro atoms. The molecule has 6 heterocycles. The molecule has 2 atom stereocenters. The second-order valence-corrected chi connectivity index (χ2v) is 27.4. The molecule has 2 unspecified atom stereocenters. The van der Waals surface area contributed by atoms with E-state index in [1.54, 1.807) is 84.9 Å². The number of fused-ring (bicyclic) bond motifs is 2. The van der Waals surface area contributed by atoms with Crippen LogP contribution in [0.4, 0.5) is 11.6 Å². The number of carbonyl (C=O) groups is 6.